The van der Waals surface area contributed by atoms with Gasteiger partial charge in [0.15, 0.2) is 6.61 Å². The van der Waals surface area contributed by atoms with Crippen molar-refractivity contribution in [2.24, 2.45) is 0 Å². The predicted octanol–water partition coefficient (Wildman–Crippen LogP) is 3.70. The number of hydrogen-bond donors (Lipinski definition) is 1. The van der Waals surface area contributed by atoms with Gasteiger partial charge in [-0.2, -0.15) is 5.26 Å². The van der Waals surface area contributed by atoms with Crippen molar-refractivity contribution >= 4 is 27.3 Å². The van der Waals surface area contributed by atoms with Crippen molar-refractivity contribution in [3.8, 4) is 11.8 Å². The Morgan fingerprint density at radius 2 is 2.21 bits per heavy atom. The van der Waals surface area contributed by atoms with Crippen molar-refractivity contribution in [3.05, 3.63) is 50.6 Å². The summed E-state index contributed by atoms with van der Waals surface area (Å²) < 4.78 is 6.40. The van der Waals surface area contributed by atoms with Gasteiger partial charge in [-0.3, -0.25) is 0 Å². The monoisotopic (exact) mass is 336 g/mol. The third kappa shape index (κ3) is 4.67. The minimum atomic E-state index is 0.0834. The molecule has 0 amide bonds. The second kappa shape index (κ2) is 7.29. The van der Waals surface area contributed by atoms with E-state index in [0.29, 0.717) is 0 Å². The van der Waals surface area contributed by atoms with Gasteiger partial charge in [-0.25, -0.2) is 0 Å². The molecule has 1 aromatic carbocycles. The maximum Gasteiger partial charge on any atom is 0.174 e. The Morgan fingerprint density at radius 3 is 2.95 bits per heavy atom. The van der Waals surface area contributed by atoms with Gasteiger partial charge in [0.25, 0.3) is 0 Å². The Labute approximate surface area is 125 Å². The molecule has 0 spiro atoms. The second-order valence-corrected chi connectivity index (χ2v) is 5.84. The zero-order valence-electron chi connectivity index (χ0n) is 10.2. The van der Waals surface area contributed by atoms with Crippen molar-refractivity contribution in [1.29, 1.82) is 5.26 Å². The molecule has 1 heterocycles. The van der Waals surface area contributed by atoms with Gasteiger partial charge < -0.3 is 10.1 Å². The quantitative estimate of drug-likeness (QED) is 0.874. The van der Waals surface area contributed by atoms with Gasteiger partial charge in [0.1, 0.15) is 11.8 Å². The van der Waals surface area contributed by atoms with E-state index in [1.54, 1.807) is 11.3 Å². The topological polar surface area (TPSA) is 45.0 Å². The molecular weight excluding hydrogens is 324 g/mol. The molecular formula is C14H13BrN2OS. The number of ether oxygens (including phenoxy) is 1. The maximum absolute atomic E-state index is 8.48. The van der Waals surface area contributed by atoms with E-state index in [4.69, 9.17) is 10.00 Å². The second-order valence-electron chi connectivity index (χ2n) is 3.93. The molecule has 5 heteroatoms. The molecule has 19 heavy (non-hydrogen) atoms. The van der Waals surface area contributed by atoms with E-state index in [0.717, 1.165) is 28.9 Å². The number of halogens is 1. The summed E-state index contributed by atoms with van der Waals surface area (Å²) in [6.07, 6.45) is 0. The van der Waals surface area contributed by atoms with E-state index >= 15 is 0 Å². The first-order valence-corrected chi connectivity index (χ1v) is 7.47. The molecule has 3 nitrogen and oxygen atoms in total. The van der Waals surface area contributed by atoms with Crippen LogP contribution in [0.3, 0.4) is 0 Å². The van der Waals surface area contributed by atoms with Crippen molar-refractivity contribution < 1.29 is 4.74 Å². The van der Waals surface area contributed by atoms with Gasteiger partial charge in [-0.05, 0) is 39.7 Å². The zero-order chi connectivity index (χ0) is 13.5. The van der Waals surface area contributed by atoms with Gasteiger partial charge >= 0.3 is 0 Å². The first-order valence-electron chi connectivity index (χ1n) is 5.80. The Hall–Kier alpha value is -1.35. The minimum Gasteiger partial charge on any atom is -0.479 e. The smallest absolute Gasteiger partial charge is 0.174 e. The lowest BCUT2D eigenvalue weighted by molar-refractivity contribution is 0.367. The van der Waals surface area contributed by atoms with Gasteiger partial charge in [0.05, 0.1) is 0 Å². The molecule has 0 aliphatic rings. The van der Waals surface area contributed by atoms with Gasteiger partial charge in [0.2, 0.25) is 0 Å². The highest BCUT2D eigenvalue weighted by atomic mass is 79.9. The Morgan fingerprint density at radius 1 is 1.32 bits per heavy atom. The first-order chi connectivity index (χ1) is 9.28. The molecule has 0 saturated carbocycles. The number of rotatable bonds is 6. The fourth-order valence-corrected chi connectivity index (χ4v) is 3.06. The molecule has 0 atom stereocenters. The molecule has 0 unspecified atom stereocenters. The van der Waals surface area contributed by atoms with Crippen LogP contribution >= 0.6 is 27.3 Å². The van der Waals surface area contributed by atoms with E-state index < -0.39 is 0 Å². The highest BCUT2D eigenvalue weighted by Crippen LogP contribution is 2.19. The molecule has 2 rings (SSSR count). The number of nitriles is 1. The van der Waals surface area contributed by atoms with Gasteiger partial charge in [0, 0.05) is 27.8 Å². The average molecular weight is 337 g/mol. The summed E-state index contributed by atoms with van der Waals surface area (Å²) in [6, 6.07) is 11.9. The lowest BCUT2D eigenvalue weighted by atomic mass is 10.2. The largest absolute Gasteiger partial charge is 0.479 e. The molecule has 2 aromatic rings. The highest BCUT2D eigenvalue weighted by molar-refractivity contribution is 9.10. The lowest BCUT2D eigenvalue weighted by Crippen LogP contribution is -2.11. The number of hydrogen-bond acceptors (Lipinski definition) is 4. The summed E-state index contributed by atoms with van der Waals surface area (Å²) in [5.41, 5.74) is 1.14. The summed E-state index contributed by atoms with van der Waals surface area (Å²) in [5.74, 6) is 0.736. The van der Waals surface area contributed by atoms with Crippen molar-refractivity contribution in [3.63, 3.8) is 0 Å². The highest BCUT2D eigenvalue weighted by Gasteiger charge is 1.99. The third-order valence-electron chi connectivity index (χ3n) is 2.45. The number of benzene rings is 1. The molecule has 0 radical (unpaired) electrons. The van der Waals surface area contributed by atoms with Crippen LogP contribution in [0.5, 0.6) is 5.75 Å². The van der Waals surface area contributed by atoms with Crippen LogP contribution in [0.1, 0.15) is 10.4 Å². The van der Waals surface area contributed by atoms with Crippen LogP contribution in [0.4, 0.5) is 0 Å². The molecule has 98 valence electrons. The SMILES string of the molecule is N#CCOc1cccc(CNCc2cc(Br)cs2)c1. The van der Waals surface area contributed by atoms with Crippen LogP contribution in [-0.2, 0) is 13.1 Å². The lowest BCUT2D eigenvalue weighted by Gasteiger charge is -2.06. The van der Waals surface area contributed by atoms with E-state index in [1.165, 1.54) is 4.88 Å². The molecule has 0 fully saturated rings. The van der Waals surface area contributed by atoms with Gasteiger partial charge in [-0.1, -0.05) is 12.1 Å². The van der Waals surface area contributed by atoms with Gasteiger partial charge in [-0.15, -0.1) is 11.3 Å². The van der Waals surface area contributed by atoms with Crippen LogP contribution in [0.2, 0.25) is 0 Å². The van der Waals surface area contributed by atoms with Crippen molar-refractivity contribution in [2.45, 2.75) is 13.1 Å². The fourth-order valence-electron chi connectivity index (χ4n) is 1.64. The van der Waals surface area contributed by atoms with Crippen LogP contribution in [-0.4, -0.2) is 6.61 Å². The standard InChI is InChI=1S/C14H13BrN2OS/c15-12-7-14(19-10-12)9-17-8-11-2-1-3-13(6-11)18-5-4-16/h1-3,6-7,10,17H,5,8-9H2. The molecule has 0 aliphatic carbocycles. The summed E-state index contributed by atoms with van der Waals surface area (Å²) >= 11 is 5.17. The molecule has 0 saturated heterocycles. The number of nitrogens with zero attached hydrogens (tertiary/aromatic N) is 1. The Bertz CT molecular complexity index is 577. The molecule has 1 N–H and O–H groups in total. The first kappa shape index (κ1) is 14.1. The Balaban J connectivity index is 1.84. The van der Waals surface area contributed by atoms with E-state index in [1.807, 2.05) is 30.3 Å². The molecule has 1 aromatic heterocycles. The summed E-state index contributed by atoms with van der Waals surface area (Å²) in [5, 5.41) is 13.9. The van der Waals surface area contributed by atoms with Crippen LogP contribution in [0, 0.1) is 11.3 Å². The summed E-state index contributed by atoms with van der Waals surface area (Å²) in [4.78, 5) is 1.30. The number of thiophene rings is 1. The predicted molar refractivity (Wildman–Crippen MR) is 80.1 cm³/mol. The summed E-state index contributed by atoms with van der Waals surface area (Å²) in [7, 11) is 0. The molecule has 0 bridgehead atoms. The number of nitrogens with one attached hydrogen (secondary N) is 1. The van der Waals surface area contributed by atoms with Crippen LogP contribution < -0.4 is 10.1 Å². The van der Waals surface area contributed by atoms with Crippen LogP contribution in [0.25, 0.3) is 0 Å². The van der Waals surface area contributed by atoms with E-state index in [-0.39, 0.29) is 6.61 Å². The fraction of sp³-hybridized carbons (Fsp3) is 0.214. The summed E-state index contributed by atoms with van der Waals surface area (Å²) in [6.45, 7) is 1.71. The van der Waals surface area contributed by atoms with E-state index in [9.17, 15) is 0 Å². The minimum absolute atomic E-state index is 0.0834. The average Bonchev–Trinajstić information content (AvgIpc) is 2.83. The van der Waals surface area contributed by atoms with Crippen molar-refractivity contribution in [1.82, 2.24) is 5.32 Å². The third-order valence-corrected chi connectivity index (χ3v) is 4.15. The van der Waals surface area contributed by atoms with E-state index in [2.05, 4.69) is 32.7 Å². The van der Waals surface area contributed by atoms with Crippen molar-refractivity contribution in [2.75, 3.05) is 6.61 Å². The Kier molecular flexibility index (Phi) is 5.40. The zero-order valence-corrected chi connectivity index (χ0v) is 12.6. The van der Waals surface area contributed by atoms with Crippen LogP contribution in [0.15, 0.2) is 40.2 Å². The maximum atomic E-state index is 8.48. The molecule has 0 aliphatic heterocycles. The normalized spacial score (nSPS) is 10.1.